The molecule has 180 valence electrons. The molecule has 5 heteroatoms. The Balaban J connectivity index is 1.10. The Morgan fingerprint density at radius 1 is 0.857 bits per heavy atom. The topological polar surface area (TPSA) is 36.7 Å². The second kappa shape index (κ2) is 11.1. The minimum Gasteiger partial charge on any atom is -0.423 e. The van der Waals surface area contributed by atoms with Crippen LogP contribution in [-0.2, 0) is 0 Å². The summed E-state index contributed by atoms with van der Waals surface area (Å²) in [5, 5.41) is 0.977. The molecule has 4 nitrogen and oxygen atoms in total. The SMILES string of the molecule is Cc1ccccc1N1CCN(CCCCSc2ccc3c(-c4ccccc4)cc(=O)oc3c2)CC1. The van der Waals surface area contributed by atoms with Crippen LogP contribution in [0.1, 0.15) is 18.4 Å². The maximum absolute atomic E-state index is 12.2. The second-order valence-electron chi connectivity index (χ2n) is 9.17. The zero-order chi connectivity index (χ0) is 24.0. The number of anilines is 1. The lowest BCUT2D eigenvalue weighted by Crippen LogP contribution is -2.46. The molecule has 35 heavy (non-hydrogen) atoms. The normalized spacial score (nSPS) is 14.5. The summed E-state index contributed by atoms with van der Waals surface area (Å²) in [7, 11) is 0. The summed E-state index contributed by atoms with van der Waals surface area (Å²) < 4.78 is 5.54. The first-order valence-electron chi connectivity index (χ1n) is 12.5. The number of piperazine rings is 1. The summed E-state index contributed by atoms with van der Waals surface area (Å²) in [4.78, 5) is 18.4. The molecule has 0 radical (unpaired) electrons. The summed E-state index contributed by atoms with van der Waals surface area (Å²) in [5.74, 6) is 1.07. The molecular formula is C30H32N2O2S. The molecule has 0 aliphatic carbocycles. The summed E-state index contributed by atoms with van der Waals surface area (Å²) in [5.41, 5.74) is 5.06. The first-order valence-corrected chi connectivity index (χ1v) is 13.4. The highest BCUT2D eigenvalue weighted by Crippen LogP contribution is 2.30. The average molecular weight is 485 g/mol. The Bertz CT molecular complexity index is 1330. The Morgan fingerprint density at radius 3 is 2.43 bits per heavy atom. The molecule has 0 spiro atoms. The number of thioether (sulfide) groups is 1. The van der Waals surface area contributed by atoms with Crippen molar-refractivity contribution in [3.8, 4) is 11.1 Å². The fraction of sp³-hybridized carbons (Fsp3) is 0.300. The fourth-order valence-corrected chi connectivity index (χ4v) is 5.79. The van der Waals surface area contributed by atoms with Crippen molar-refractivity contribution in [3.63, 3.8) is 0 Å². The van der Waals surface area contributed by atoms with Gasteiger partial charge in [0, 0.05) is 48.2 Å². The number of fused-ring (bicyclic) bond motifs is 1. The molecule has 0 bridgehead atoms. The van der Waals surface area contributed by atoms with Gasteiger partial charge in [-0.1, -0.05) is 48.5 Å². The molecular weight excluding hydrogens is 452 g/mol. The number of rotatable bonds is 8. The summed E-state index contributed by atoms with van der Waals surface area (Å²) in [6, 6.07) is 26.5. The molecule has 3 aromatic carbocycles. The Labute approximate surface area is 211 Å². The summed E-state index contributed by atoms with van der Waals surface area (Å²) in [6.45, 7) is 7.84. The maximum atomic E-state index is 12.2. The molecule has 0 atom stereocenters. The van der Waals surface area contributed by atoms with Crippen LogP contribution in [0.5, 0.6) is 0 Å². The van der Waals surface area contributed by atoms with Gasteiger partial charge in [-0.15, -0.1) is 11.8 Å². The Hall–Kier alpha value is -3.02. The lowest BCUT2D eigenvalue weighted by molar-refractivity contribution is 0.254. The van der Waals surface area contributed by atoms with Crippen molar-refractivity contribution >= 4 is 28.4 Å². The molecule has 0 amide bonds. The van der Waals surface area contributed by atoms with Crippen molar-refractivity contribution in [1.29, 1.82) is 0 Å². The van der Waals surface area contributed by atoms with Crippen LogP contribution in [0.4, 0.5) is 5.69 Å². The highest BCUT2D eigenvalue weighted by Gasteiger charge is 2.17. The fourth-order valence-electron chi connectivity index (χ4n) is 4.85. The van der Waals surface area contributed by atoms with E-state index in [1.165, 1.54) is 24.1 Å². The number of hydrogen-bond donors (Lipinski definition) is 0. The molecule has 0 saturated carbocycles. The largest absolute Gasteiger partial charge is 0.423 e. The third-order valence-electron chi connectivity index (χ3n) is 6.77. The van der Waals surface area contributed by atoms with E-state index < -0.39 is 0 Å². The highest BCUT2D eigenvalue weighted by atomic mass is 32.2. The molecule has 1 aromatic heterocycles. The van der Waals surface area contributed by atoms with E-state index in [1.807, 2.05) is 48.2 Å². The Morgan fingerprint density at radius 2 is 1.63 bits per heavy atom. The maximum Gasteiger partial charge on any atom is 0.336 e. The van der Waals surface area contributed by atoms with Gasteiger partial charge in [-0.3, -0.25) is 4.90 Å². The smallest absolute Gasteiger partial charge is 0.336 e. The van der Waals surface area contributed by atoms with E-state index in [0.717, 1.165) is 59.9 Å². The number of hydrogen-bond acceptors (Lipinski definition) is 5. The molecule has 1 fully saturated rings. The van der Waals surface area contributed by atoms with E-state index in [4.69, 9.17) is 4.42 Å². The van der Waals surface area contributed by atoms with Crippen molar-refractivity contribution in [3.05, 3.63) is 94.8 Å². The second-order valence-corrected chi connectivity index (χ2v) is 10.3. The van der Waals surface area contributed by atoms with Crippen molar-refractivity contribution in [1.82, 2.24) is 4.90 Å². The molecule has 0 unspecified atom stereocenters. The zero-order valence-electron chi connectivity index (χ0n) is 20.3. The van der Waals surface area contributed by atoms with E-state index in [-0.39, 0.29) is 5.63 Å². The molecule has 2 heterocycles. The third-order valence-corrected chi connectivity index (χ3v) is 7.85. The van der Waals surface area contributed by atoms with Gasteiger partial charge in [0.15, 0.2) is 0 Å². The van der Waals surface area contributed by atoms with Gasteiger partial charge < -0.3 is 9.32 Å². The van der Waals surface area contributed by atoms with Gasteiger partial charge in [-0.25, -0.2) is 4.79 Å². The molecule has 5 rings (SSSR count). The van der Waals surface area contributed by atoms with Crippen LogP contribution >= 0.6 is 11.8 Å². The quantitative estimate of drug-likeness (QED) is 0.163. The van der Waals surface area contributed by atoms with Gasteiger partial charge in [0.1, 0.15) is 5.58 Å². The average Bonchev–Trinajstić information content (AvgIpc) is 2.89. The van der Waals surface area contributed by atoms with E-state index in [2.05, 4.69) is 53.1 Å². The molecule has 1 aliphatic heterocycles. The van der Waals surface area contributed by atoms with E-state index in [1.54, 1.807) is 6.07 Å². The first-order chi connectivity index (χ1) is 17.2. The van der Waals surface area contributed by atoms with Crippen LogP contribution in [0.3, 0.4) is 0 Å². The number of nitrogens with zero attached hydrogens (tertiary/aromatic N) is 2. The van der Waals surface area contributed by atoms with Crippen LogP contribution in [0.15, 0.2) is 93.0 Å². The standard InChI is InChI=1S/C30H32N2O2S/c1-23-9-5-6-12-28(23)32-18-16-31(17-19-32)15-7-8-20-35-25-13-14-26-27(24-10-3-2-4-11-24)22-30(33)34-29(26)21-25/h2-6,9-14,21-22H,7-8,15-20H2,1H3. The molecule has 1 aliphatic rings. The predicted molar refractivity (Wildman–Crippen MR) is 148 cm³/mol. The number of benzene rings is 3. The predicted octanol–water partition coefficient (Wildman–Crippen LogP) is 6.46. The zero-order valence-corrected chi connectivity index (χ0v) is 21.1. The monoisotopic (exact) mass is 484 g/mol. The van der Waals surface area contributed by atoms with Gasteiger partial charge in [0.05, 0.1) is 0 Å². The van der Waals surface area contributed by atoms with Crippen molar-refractivity contribution < 1.29 is 4.42 Å². The first kappa shape index (κ1) is 23.7. The Kier molecular flexibility index (Phi) is 7.55. The van der Waals surface area contributed by atoms with Gasteiger partial charge in [-0.2, -0.15) is 0 Å². The van der Waals surface area contributed by atoms with E-state index in [9.17, 15) is 4.79 Å². The van der Waals surface area contributed by atoms with Crippen molar-refractivity contribution in [2.24, 2.45) is 0 Å². The van der Waals surface area contributed by atoms with E-state index in [0.29, 0.717) is 5.58 Å². The van der Waals surface area contributed by atoms with Crippen LogP contribution in [0.25, 0.3) is 22.1 Å². The molecule has 1 saturated heterocycles. The van der Waals surface area contributed by atoms with Crippen molar-refractivity contribution in [2.75, 3.05) is 43.4 Å². The number of aryl methyl sites for hydroxylation is 1. The molecule has 0 N–H and O–H groups in total. The van der Waals surface area contributed by atoms with Gasteiger partial charge >= 0.3 is 5.63 Å². The van der Waals surface area contributed by atoms with E-state index >= 15 is 0 Å². The van der Waals surface area contributed by atoms with Gasteiger partial charge in [-0.05, 0) is 73.0 Å². The van der Waals surface area contributed by atoms with Crippen LogP contribution < -0.4 is 10.5 Å². The van der Waals surface area contributed by atoms with Crippen LogP contribution in [0.2, 0.25) is 0 Å². The minimum absolute atomic E-state index is 0.305. The highest BCUT2D eigenvalue weighted by molar-refractivity contribution is 7.99. The number of para-hydroxylation sites is 1. The minimum atomic E-state index is -0.305. The lowest BCUT2D eigenvalue weighted by Gasteiger charge is -2.36. The lowest BCUT2D eigenvalue weighted by atomic mass is 10.0. The summed E-state index contributed by atoms with van der Waals surface area (Å²) in [6.07, 6.45) is 2.38. The van der Waals surface area contributed by atoms with Crippen LogP contribution in [-0.4, -0.2) is 43.4 Å². The number of unbranched alkanes of at least 4 members (excludes halogenated alkanes) is 1. The van der Waals surface area contributed by atoms with Crippen LogP contribution in [0, 0.1) is 6.92 Å². The third kappa shape index (κ3) is 5.80. The van der Waals surface area contributed by atoms with Gasteiger partial charge in [0.25, 0.3) is 0 Å². The summed E-state index contributed by atoms with van der Waals surface area (Å²) >= 11 is 1.84. The van der Waals surface area contributed by atoms with Crippen molar-refractivity contribution in [2.45, 2.75) is 24.7 Å². The molecule has 4 aromatic rings. The van der Waals surface area contributed by atoms with Gasteiger partial charge in [0.2, 0.25) is 0 Å².